The van der Waals surface area contributed by atoms with Crippen LogP contribution in [0.5, 0.6) is 0 Å². The Hall–Kier alpha value is -2.07. The van der Waals surface area contributed by atoms with Crippen LogP contribution in [0, 0.1) is 17.4 Å². The highest BCUT2D eigenvalue weighted by Crippen LogP contribution is 2.34. The van der Waals surface area contributed by atoms with E-state index < -0.39 is 0 Å². The minimum absolute atomic E-state index is 0.146. The molecular weight excluding hydrogens is 537 g/mol. The molecule has 0 radical (unpaired) electrons. The van der Waals surface area contributed by atoms with E-state index in [2.05, 4.69) is 33.2 Å². The SMILES string of the molecule is Cc1cc(C=C2SC(=O)N(CC(=O)N3CCCCCC3)C2=O)c(C)n1-c1cccc(I)c1. The van der Waals surface area contributed by atoms with Gasteiger partial charge in [-0.25, -0.2) is 0 Å². The molecule has 1 aromatic heterocycles. The van der Waals surface area contributed by atoms with Crippen LogP contribution < -0.4 is 0 Å². The molecule has 2 fully saturated rings. The van der Waals surface area contributed by atoms with Crippen molar-refractivity contribution in [2.24, 2.45) is 0 Å². The van der Waals surface area contributed by atoms with Crippen molar-refractivity contribution in [1.29, 1.82) is 0 Å². The molecule has 2 aliphatic heterocycles. The molecule has 4 rings (SSSR count). The third-order valence-corrected chi connectivity index (χ3v) is 7.53. The van der Waals surface area contributed by atoms with Gasteiger partial charge >= 0.3 is 0 Å². The average Bonchev–Trinajstić information content (AvgIpc) is 3.04. The van der Waals surface area contributed by atoms with Gasteiger partial charge in [0, 0.05) is 33.7 Å². The fourth-order valence-electron chi connectivity index (χ4n) is 4.28. The zero-order valence-electron chi connectivity index (χ0n) is 18.3. The molecule has 0 N–H and O–H groups in total. The average molecular weight is 563 g/mol. The van der Waals surface area contributed by atoms with E-state index in [0.717, 1.165) is 68.6 Å². The number of halogens is 1. The molecule has 32 heavy (non-hydrogen) atoms. The van der Waals surface area contributed by atoms with Crippen molar-refractivity contribution >= 4 is 57.5 Å². The molecule has 3 heterocycles. The second kappa shape index (κ2) is 9.82. The van der Waals surface area contributed by atoms with Gasteiger partial charge in [0.25, 0.3) is 11.1 Å². The third kappa shape index (κ3) is 4.80. The highest BCUT2D eigenvalue weighted by atomic mass is 127. The van der Waals surface area contributed by atoms with Crippen LogP contribution in [-0.4, -0.2) is 51.1 Å². The maximum atomic E-state index is 13.0. The Balaban J connectivity index is 1.54. The van der Waals surface area contributed by atoms with Crippen molar-refractivity contribution in [3.8, 4) is 5.69 Å². The minimum Gasteiger partial charge on any atom is -0.341 e. The van der Waals surface area contributed by atoms with Gasteiger partial charge in [-0.05, 0) is 96.9 Å². The molecule has 2 saturated heterocycles. The van der Waals surface area contributed by atoms with Crippen molar-refractivity contribution in [1.82, 2.24) is 14.4 Å². The first-order chi connectivity index (χ1) is 15.3. The number of benzene rings is 1. The number of likely N-dealkylation sites (tertiary alicyclic amines) is 1. The number of carbonyl (C=O) groups is 3. The van der Waals surface area contributed by atoms with E-state index in [1.54, 1.807) is 11.0 Å². The lowest BCUT2D eigenvalue weighted by Gasteiger charge is -2.22. The largest absolute Gasteiger partial charge is 0.341 e. The number of carbonyl (C=O) groups excluding carboxylic acids is 3. The summed E-state index contributed by atoms with van der Waals surface area (Å²) in [5, 5.41) is -0.379. The lowest BCUT2D eigenvalue weighted by molar-refractivity contribution is -0.135. The summed E-state index contributed by atoms with van der Waals surface area (Å²) >= 11 is 3.20. The highest BCUT2D eigenvalue weighted by molar-refractivity contribution is 14.1. The summed E-state index contributed by atoms with van der Waals surface area (Å²) in [4.78, 5) is 41.4. The first kappa shape index (κ1) is 23.1. The summed E-state index contributed by atoms with van der Waals surface area (Å²) in [7, 11) is 0. The highest BCUT2D eigenvalue weighted by Gasteiger charge is 2.37. The Morgan fingerprint density at radius 1 is 1.09 bits per heavy atom. The molecular formula is C24H26IN3O3S. The summed E-state index contributed by atoms with van der Waals surface area (Å²) < 4.78 is 3.28. The molecule has 0 spiro atoms. The van der Waals surface area contributed by atoms with E-state index in [1.165, 1.54) is 0 Å². The smallest absolute Gasteiger partial charge is 0.294 e. The number of hydrogen-bond donors (Lipinski definition) is 0. The van der Waals surface area contributed by atoms with Crippen LogP contribution in [-0.2, 0) is 9.59 Å². The first-order valence-corrected chi connectivity index (χ1v) is 12.7. The van der Waals surface area contributed by atoms with Gasteiger partial charge in [0.15, 0.2) is 0 Å². The Bertz CT molecular complexity index is 1100. The molecule has 3 amide bonds. The Morgan fingerprint density at radius 2 is 1.81 bits per heavy atom. The molecule has 2 aromatic rings. The number of nitrogens with zero attached hydrogens (tertiary/aromatic N) is 3. The monoisotopic (exact) mass is 563 g/mol. The van der Waals surface area contributed by atoms with E-state index in [-0.39, 0.29) is 23.6 Å². The van der Waals surface area contributed by atoms with Crippen molar-refractivity contribution < 1.29 is 14.4 Å². The van der Waals surface area contributed by atoms with Gasteiger partial charge in [0.2, 0.25) is 5.91 Å². The maximum Gasteiger partial charge on any atom is 0.294 e. The lowest BCUT2D eigenvalue weighted by atomic mass is 10.2. The van der Waals surface area contributed by atoms with Crippen molar-refractivity contribution in [2.45, 2.75) is 39.5 Å². The summed E-state index contributed by atoms with van der Waals surface area (Å²) in [6, 6.07) is 10.2. The van der Waals surface area contributed by atoms with Crippen molar-refractivity contribution in [3.63, 3.8) is 0 Å². The molecule has 1 aromatic carbocycles. The Morgan fingerprint density at radius 3 is 2.50 bits per heavy atom. The molecule has 168 valence electrons. The number of rotatable bonds is 4. The zero-order chi connectivity index (χ0) is 22.8. The fourth-order valence-corrected chi connectivity index (χ4v) is 5.63. The lowest BCUT2D eigenvalue weighted by Crippen LogP contribution is -2.42. The number of hydrogen-bond acceptors (Lipinski definition) is 4. The number of aryl methyl sites for hydroxylation is 1. The van der Waals surface area contributed by atoms with Crippen LogP contribution in [0.25, 0.3) is 11.8 Å². The summed E-state index contributed by atoms with van der Waals surface area (Å²) in [6.07, 6.45) is 5.96. The van der Waals surface area contributed by atoms with Gasteiger partial charge in [-0.1, -0.05) is 18.9 Å². The number of thioether (sulfide) groups is 1. The van der Waals surface area contributed by atoms with Crippen LogP contribution in [0.3, 0.4) is 0 Å². The Kier molecular flexibility index (Phi) is 7.09. The van der Waals surface area contributed by atoms with Crippen LogP contribution in [0.15, 0.2) is 35.2 Å². The molecule has 0 aliphatic carbocycles. The zero-order valence-corrected chi connectivity index (χ0v) is 21.2. The van der Waals surface area contributed by atoms with Gasteiger partial charge in [0.05, 0.1) is 4.91 Å². The van der Waals surface area contributed by atoms with E-state index in [0.29, 0.717) is 18.0 Å². The molecule has 6 nitrogen and oxygen atoms in total. The van der Waals surface area contributed by atoms with E-state index in [4.69, 9.17) is 0 Å². The number of amides is 3. The molecule has 0 saturated carbocycles. The molecule has 0 atom stereocenters. The Labute approximate surface area is 206 Å². The van der Waals surface area contributed by atoms with Crippen LogP contribution in [0.2, 0.25) is 0 Å². The second-order valence-electron chi connectivity index (χ2n) is 8.20. The predicted molar refractivity (Wildman–Crippen MR) is 136 cm³/mol. The summed E-state index contributed by atoms with van der Waals surface area (Å²) in [6.45, 7) is 5.26. The third-order valence-electron chi connectivity index (χ3n) is 5.95. The van der Waals surface area contributed by atoms with Gasteiger partial charge in [-0.3, -0.25) is 19.3 Å². The predicted octanol–water partition coefficient (Wildman–Crippen LogP) is 5.14. The van der Waals surface area contributed by atoms with E-state index in [9.17, 15) is 14.4 Å². The maximum absolute atomic E-state index is 13.0. The van der Waals surface area contributed by atoms with E-state index >= 15 is 0 Å². The van der Waals surface area contributed by atoms with Gasteiger partial charge < -0.3 is 9.47 Å². The molecule has 2 aliphatic rings. The van der Waals surface area contributed by atoms with Gasteiger partial charge in [-0.15, -0.1) is 0 Å². The fraction of sp³-hybridized carbons (Fsp3) is 0.375. The number of aromatic nitrogens is 1. The molecule has 8 heteroatoms. The quantitative estimate of drug-likeness (QED) is 0.382. The summed E-state index contributed by atoms with van der Waals surface area (Å²) in [5.74, 6) is -0.533. The van der Waals surface area contributed by atoms with Crippen molar-refractivity contribution in [2.75, 3.05) is 19.6 Å². The van der Waals surface area contributed by atoms with E-state index in [1.807, 2.05) is 38.1 Å². The van der Waals surface area contributed by atoms with Crippen molar-refractivity contribution in [3.05, 3.63) is 55.8 Å². The molecule has 0 bridgehead atoms. The number of imide groups is 1. The van der Waals surface area contributed by atoms with Gasteiger partial charge in [-0.2, -0.15) is 0 Å². The standard InChI is InChI=1S/C24H26IN3O3S/c1-16-12-18(17(2)28(16)20-9-7-8-19(25)14-20)13-21-23(30)27(24(31)32-21)15-22(29)26-10-5-3-4-6-11-26/h7-9,12-14H,3-6,10-11,15H2,1-2H3. The topological polar surface area (TPSA) is 62.6 Å². The molecule has 0 unspecified atom stereocenters. The van der Waals surface area contributed by atoms with Gasteiger partial charge in [0.1, 0.15) is 6.54 Å². The minimum atomic E-state index is -0.387. The van der Waals surface area contributed by atoms with Crippen LogP contribution in [0.1, 0.15) is 42.6 Å². The van der Waals surface area contributed by atoms with Crippen LogP contribution >= 0.6 is 34.4 Å². The van der Waals surface area contributed by atoms with Crippen LogP contribution in [0.4, 0.5) is 4.79 Å². The normalized spacial score (nSPS) is 18.5. The first-order valence-electron chi connectivity index (χ1n) is 10.8. The second-order valence-corrected chi connectivity index (χ2v) is 10.4. The summed E-state index contributed by atoms with van der Waals surface area (Å²) in [5.41, 5.74) is 4.00.